The van der Waals surface area contributed by atoms with E-state index in [-0.39, 0.29) is 6.61 Å². The Morgan fingerprint density at radius 2 is 1.91 bits per heavy atom. The summed E-state index contributed by atoms with van der Waals surface area (Å²) in [6, 6.07) is 9.10. The van der Waals surface area contributed by atoms with Crippen LogP contribution in [0, 0.1) is 12.3 Å². The Balaban J connectivity index is 2.01. The Morgan fingerprint density at radius 3 is 2.55 bits per heavy atom. The fourth-order valence-corrected chi connectivity index (χ4v) is 3.41. The van der Waals surface area contributed by atoms with Crippen molar-refractivity contribution in [3.63, 3.8) is 0 Å². The van der Waals surface area contributed by atoms with Crippen LogP contribution in [0.3, 0.4) is 0 Å². The molecule has 1 saturated heterocycles. The van der Waals surface area contributed by atoms with Crippen LogP contribution in [0.25, 0.3) is 0 Å². The molecule has 0 spiro atoms. The Kier molecular flexibility index (Phi) is 6.01. The summed E-state index contributed by atoms with van der Waals surface area (Å²) in [5, 5.41) is 9.43. The number of aliphatic hydroxyl groups is 1. The van der Waals surface area contributed by atoms with E-state index in [1.54, 1.807) is 0 Å². The standard InChI is InChI=1S/C19H32N2O/c1-16-7-5-6-8-17(16)13-21-11-10-20(15-19(2,3)4)14-18(21)9-12-22/h5-8,18,22H,9-15H2,1-4H3/t18-/m1/s1. The van der Waals surface area contributed by atoms with Crippen LogP contribution in [0.5, 0.6) is 0 Å². The van der Waals surface area contributed by atoms with Crippen molar-refractivity contribution < 1.29 is 5.11 Å². The number of hydrogen-bond donors (Lipinski definition) is 1. The largest absolute Gasteiger partial charge is 0.396 e. The van der Waals surface area contributed by atoms with Gasteiger partial charge in [0.2, 0.25) is 0 Å². The molecule has 1 aromatic rings. The van der Waals surface area contributed by atoms with Gasteiger partial charge in [0, 0.05) is 45.4 Å². The maximum Gasteiger partial charge on any atom is 0.0446 e. The lowest BCUT2D eigenvalue weighted by molar-refractivity contribution is 0.0381. The first-order valence-electron chi connectivity index (χ1n) is 8.51. The van der Waals surface area contributed by atoms with Gasteiger partial charge in [-0.25, -0.2) is 0 Å². The fourth-order valence-electron chi connectivity index (χ4n) is 3.41. The maximum atomic E-state index is 9.43. The number of benzene rings is 1. The molecule has 124 valence electrons. The van der Waals surface area contributed by atoms with Crippen molar-refractivity contribution in [2.24, 2.45) is 5.41 Å². The lowest BCUT2D eigenvalue weighted by Crippen LogP contribution is -2.54. The average molecular weight is 304 g/mol. The van der Waals surface area contributed by atoms with E-state index in [0.717, 1.165) is 39.1 Å². The van der Waals surface area contributed by atoms with Gasteiger partial charge in [0.05, 0.1) is 0 Å². The average Bonchev–Trinajstić information content (AvgIpc) is 2.42. The highest BCUT2D eigenvalue weighted by atomic mass is 16.3. The van der Waals surface area contributed by atoms with Crippen LogP contribution in [-0.2, 0) is 6.54 Å². The summed E-state index contributed by atoms with van der Waals surface area (Å²) in [4.78, 5) is 5.12. The zero-order valence-corrected chi connectivity index (χ0v) is 14.7. The van der Waals surface area contributed by atoms with Gasteiger partial charge in [0.25, 0.3) is 0 Å². The second-order valence-electron chi connectivity index (χ2n) is 7.86. The van der Waals surface area contributed by atoms with Crippen molar-refractivity contribution in [1.82, 2.24) is 9.80 Å². The third-order valence-electron chi connectivity index (χ3n) is 4.48. The van der Waals surface area contributed by atoms with Crippen LogP contribution >= 0.6 is 0 Å². The lowest BCUT2D eigenvalue weighted by atomic mass is 9.94. The van der Waals surface area contributed by atoms with E-state index >= 15 is 0 Å². The van der Waals surface area contributed by atoms with Crippen molar-refractivity contribution in [2.45, 2.75) is 46.7 Å². The van der Waals surface area contributed by atoms with Crippen LogP contribution in [0.15, 0.2) is 24.3 Å². The third kappa shape index (κ3) is 5.08. The molecule has 1 N–H and O–H groups in total. The minimum atomic E-state index is 0.276. The van der Waals surface area contributed by atoms with Crippen molar-refractivity contribution in [3.8, 4) is 0 Å². The van der Waals surface area contributed by atoms with E-state index in [1.165, 1.54) is 11.1 Å². The van der Waals surface area contributed by atoms with Gasteiger partial charge in [-0.2, -0.15) is 0 Å². The summed E-state index contributed by atoms with van der Waals surface area (Å²) in [6.45, 7) is 14.8. The summed E-state index contributed by atoms with van der Waals surface area (Å²) >= 11 is 0. The molecule has 1 aliphatic heterocycles. The molecule has 0 aliphatic carbocycles. The van der Waals surface area contributed by atoms with Gasteiger partial charge < -0.3 is 5.11 Å². The Bertz CT molecular complexity index is 467. The molecule has 0 saturated carbocycles. The van der Waals surface area contributed by atoms with Gasteiger partial charge in [-0.15, -0.1) is 0 Å². The quantitative estimate of drug-likeness (QED) is 0.906. The summed E-state index contributed by atoms with van der Waals surface area (Å²) in [7, 11) is 0. The molecule has 1 heterocycles. The first kappa shape index (κ1) is 17.5. The number of hydrogen-bond acceptors (Lipinski definition) is 3. The summed E-state index contributed by atoms with van der Waals surface area (Å²) in [6.07, 6.45) is 0.868. The monoisotopic (exact) mass is 304 g/mol. The molecule has 0 bridgehead atoms. The van der Waals surface area contributed by atoms with Gasteiger partial charge in [-0.05, 0) is 29.9 Å². The molecule has 1 fully saturated rings. The van der Waals surface area contributed by atoms with Crippen LogP contribution in [-0.4, -0.2) is 53.7 Å². The number of aliphatic hydroxyl groups excluding tert-OH is 1. The molecule has 0 radical (unpaired) electrons. The first-order valence-corrected chi connectivity index (χ1v) is 8.51. The van der Waals surface area contributed by atoms with Crippen LogP contribution in [0.4, 0.5) is 0 Å². The summed E-state index contributed by atoms with van der Waals surface area (Å²) < 4.78 is 0. The highest BCUT2D eigenvalue weighted by molar-refractivity contribution is 5.25. The summed E-state index contributed by atoms with van der Waals surface area (Å²) in [5.74, 6) is 0. The topological polar surface area (TPSA) is 26.7 Å². The van der Waals surface area contributed by atoms with E-state index in [1.807, 2.05) is 0 Å². The minimum absolute atomic E-state index is 0.276. The zero-order chi connectivity index (χ0) is 16.2. The smallest absolute Gasteiger partial charge is 0.0446 e. The van der Waals surface area contributed by atoms with Gasteiger partial charge in [-0.3, -0.25) is 9.80 Å². The molecule has 0 aromatic heterocycles. The number of nitrogens with zero attached hydrogens (tertiary/aromatic N) is 2. The zero-order valence-electron chi connectivity index (χ0n) is 14.7. The van der Waals surface area contributed by atoms with E-state index in [9.17, 15) is 5.11 Å². The Hall–Kier alpha value is -0.900. The van der Waals surface area contributed by atoms with Crippen molar-refractivity contribution in [1.29, 1.82) is 0 Å². The van der Waals surface area contributed by atoms with E-state index in [2.05, 4.69) is 61.8 Å². The SMILES string of the molecule is Cc1ccccc1CN1CCN(CC(C)(C)C)C[C@H]1CCO. The molecule has 1 atom stereocenters. The minimum Gasteiger partial charge on any atom is -0.396 e. The predicted molar refractivity (Wildman–Crippen MR) is 93.0 cm³/mol. The molecule has 22 heavy (non-hydrogen) atoms. The fraction of sp³-hybridized carbons (Fsp3) is 0.684. The molecule has 3 nitrogen and oxygen atoms in total. The van der Waals surface area contributed by atoms with Crippen LogP contribution in [0.2, 0.25) is 0 Å². The summed E-state index contributed by atoms with van der Waals surface area (Å²) in [5.41, 5.74) is 3.11. The van der Waals surface area contributed by atoms with E-state index in [4.69, 9.17) is 0 Å². The Morgan fingerprint density at radius 1 is 1.18 bits per heavy atom. The molecule has 0 amide bonds. The van der Waals surface area contributed by atoms with Crippen molar-refractivity contribution in [2.75, 3.05) is 32.8 Å². The van der Waals surface area contributed by atoms with Gasteiger partial charge in [0.15, 0.2) is 0 Å². The van der Waals surface area contributed by atoms with Crippen molar-refractivity contribution in [3.05, 3.63) is 35.4 Å². The van der Waals surface area contributed by atoms with Gasteiger partial charge >= 0.3 is 0 Å². The predicted octanol–water partition coefficient (Wildman–Crippen LogP) is 2.91. The second kappa shape index (κ2) is 7.58. The first-order chi connectivity index (χ1) is 10.4. The number of piperazine rings is 1. The highest BCUT2D eigenvalue weighted by Crippen LogP contribution is 2.22. The molecular formula is C19H32N2O. The maximum absolute atomic E-state index is 9.43. The second-order valence-corrected chi connectivity index (χ2v) is 7.86. The van der Waals surface area contributed by atoms with Gasteiger partial charge in [0.1, 0.15) is 0 Å². The molecule has 2 rings (SSSR count). The van der Waals surface area contributed by atoms with Gasteiger partial charge in [-0.1, -0.05) is 45.0 Å². The Labute approximate surface area is 135 Å². The molecular weight excluding hydrogens is 272 g/mol. The van der Waals surface area contributed by atoms with Crippen LogP contribution in [0.1, 0.15) is 38.3 Å². The van der Waals surface area contributed by atoms with E-state index < -0.39 is 0 Å². The third-order valence-corrected chi connectivity index (χ3v) is 4.48. The normalized spacial score (nSPS) is 21.2. The van der Waals surface area contributed by atoms with E-state index in [0.29, 0.717) is 11.5 Å². The number of rotatable bonds is 5. The molecule has 1 aromatic carbocycles. The van der Waals surface area contributed by atoms with Crippen LogP contribution < -0.4 is 0 Å². The molecule has 1 aliphatic rings. The molecule has 3 heteroatoms. The number of aryl methyl sites for hydroxylation is 1. The van der Waals surface area contributed by atoms with Crippen molar-refractivity contribution >= 4 is 0 Å². The highest BCUT2D eigenvalue weighted by Gasteiger charge is 2.28. The lowest BCUT2D eigenvalue weighted by Gasteiger charge is -2.43. The molecule has 0 unspecified atom stereocenters.